The highest BCUT2D eigenvalue weighted by atomic mass is 16.2. The minimum absolute atomic E-state index is 0.105. The Hall–Kier alpha value is -3.51. The van der Waals surface area contributed by atoms with E-state index in [1.165, 1.54) is 49.9 Å². The Bertz CT molecular complexity index is 1400. The molecular weight excluding hydrogens is 458 g/mol. The lowest BCUT2D eigenvalue weighted by molar-refractivity contribution is 0.0940. The van der Waals surface area contributed by atoms with E-state index in [0.29, 0.717) is 28.6 Å². The van der Waals surface area contributed by atoms with E-state index in [0.717, 1.165) is 29.5 Å². The van der Waals surface area contributed by atoms with Crippen molar-refractivity contribution < 1.29 is 4.79 Å². The van der Waals surface area contributed by atoms with Crippen molar-refractivity contribution in [1.82, 2.24) is 15.2 Å². The first kappa shape index (κ1) is 23.9. The Morgan fingerprint density at radius 3 is 2.57 bits per heavy atom. The molecule has 3 heterocycles. The van der Waals surface area contributed by atoms with Gasteiger partial charge in [-0.3, -0.25) is 10.2 Å². The number of carbonyl (C=O) groups excluding carboxylic acids is 1. The summed E-state index contributed by atoms with van der Waals surface area (Å²) in [5.41, 5.74) is 13.9. The van der Waals surface area contributed by atoms with E-state index in [9.17, 15) is 4.79 Å². The molecule has 3 aromatic rings. The molecule has 3 aliphatic rings. The zero-order valence-electron chi connectivity index (χ0n) is 21.7. The maximum absolute atomic E-state index is 12.5. The summed E-state index contributed by atoms with van der Waals surface area (Å²) in [4.78, 5) is 19.7. The number of nitrogen functional groups attached to an aromatic ring is 1. The normalized spacial score (nSPS) is 20.7. The predicted molar refractivity (Wildman–Crippen MR) is 148 cm³/mol. The fraction of sp³-hybridized carbons (Fsp3) is 0.387. The third kappa shape index (κ3) is 4.33. The maximum atomic E-state index is 12.5. The van der Waals surface area contributed by atoms with Gasteiger partial charge in [-0.25, -0.2) is 4.98 Å². The fourth-order valence-corrected chi connectivity index (χ4v) is 6.38. The highest BCUT2D eigenvalue weighted by molar-refractivity contribution is 6.15. The number of nitrogens with one attached hydrogen (secondary N) is 2. The SMILES string of the molecule is CC1(C)NC(=O)c2cc(C(=N)c3cc(-c4ccc5c(c4)CCC(N4CCCC4)CC5)cnc3N)ccc21. The second-order valence-corrected chi connectivity index (χ2v) is 11.3. The number of fused-ring (bicyclic) bond motifs is 2. The number of rotatable bonds is 4. The molecule has 2 aromatic carbocycles. The summed E-state index contributed by atoms with van der Waals surface area (Å²) < 4.78 is 0. The van der Waals surface area contributed by atoms with E-state index < -0.39 is 5.54 Å². The Balaban J connectivity index is 1.28. The summed E-state index contributed by atoms with van der Waals surface area (Å²) in [6, 6.07) is 15.1. The van der Waals surface area contributed by atoms with Crippen LogP contribution in [0.15, 0.2) is 48.7 Å². The van der Waals surface area contributed by atoms with Crippen molar-refractivity contribution in [2.45, 2.75) is 64.0 Å². The smallest absolute Gasteiger partial charge is 0.252 e. The van der Waals surface area contributed by atoms with E-state index in [-0.39, 0.29) is 11.6 Å². The molecule has 6 rings (SSSR count). The number of amides is 1. The standard InChI is InChI=1S/C31H35N5O/c1-31(2)27-12-9-22(16-25(27)30(37)35-31)28(32)26-17-23(18-34-29(26)33)21-6-5-19-7-10-24(11-8-20(19)15-21)36-13-3-4-14-36/h5-6,9,12,15-18,24,32H,3-4,7-8,10-11,13-14H2,1-2H3,(H2,33,34)(H,35,37). The van der Waals surface area contributed by atoms with Crippen LogP contribution in [0.5, 0.6) is 0 Å². The minimum atomic E-state index is -0.409. The van der Waals surface area contributed by atoms with Gasteiger partial charge in [-0.2, -0.15) is 0 Å². The summed E-state index contributed by atoms with van der Waals surface area (Å²) >= 11 is 0. The minimum Gasteiger partial charge on any atom is -0.383 e. The predicted octanol–water partition coefficient (Wildman–Crippen LogP) is 5.07. The molecule has 1 amide bonds. The highest BCUT2D eigenvalue weighted by Gasteiger charge is 2.35. The van der Waals surface area contributed by atoms with Gasteiger partial charge in [0, 0.05) is 34.5 Å². The average molecular weight is 494 g/mol. The van der Waals surface area contributed by atoms with Crippen LogP contribution in [0.4, 0.5) is 5.82 Å². The lowest BCUT2D eigenvalue weighted by Gasteiger charge is -2.26. The summed E-state index contributed by atoms with van der Waals surface area (Å²) in [6.07, 6.45) is 9.17. The first-order chi connectivity index (χ1) is 17.8. The van der Waals surface area contributed by atoms with Gasteiger partial charge in [-0.05, 0) is 99.8 Å². The van der Waals surface area contributed by atoms with Gasteiger partial charge in [0.15, 0.2) is 0 Å². The van der Waals surface area contributed by atoms with Crippen LogP contribution in [-0.2, 0) is 18.4 Å². The molecule has 0 spiro atoms. The zero-order valence-corrected chi connectivity index (χ0v) is 21.7. The number of likely N-dealkylation sites (tertiary alicyclic amines) is 1. The van der Waals surface area contributed by atoms with Gasteiger partial charge < -0.3 is 16.0 Å². The van der Waals surface area contributed by atoms with Crippen molar-refractivity contribution in [3.8, 4) is 11.1 Å². The molecule has 4 N–H and O–H groups in total. The van der Waals surface area contributed by atoms with E-state index in [1.807, 2.05) is 32.0 Å². The molecule has 190 valence electrons. The van der Waals surface area contributed by atoms with Crippen LogP contribution < -0.4 is 11.1 Å². The van der Waals surface area contributed by atoms with Crippen LogP contribution in [0.2, 0.25) is 0 Å². The number of carbonyl (C=O) groups is 1. The van der Waals surface area contributed by atoms with Gasteiger partial charge in [0.05, 0.1) is 11.3 Å². The lowest BCUT2D eigenvalue weighted by Crippen LogP contribution is -2.32. The highest BCUT2D eigenvalue weighted by Crippen LogP contribution is 2.33. The van der Waals surface area contributed by atoms with Crippen molar-refractivity contribution in [1.29, 1.82) is 5.41 Å². The molecule has 0 radical (unpaired) electrons. The van der Waals surface area contributed by atoms with Crippen LogP contribution in [0, 0.1) is 5.41 Å². The number of hydrogen-bond acceptors (Lipinski definition) is 5. The van der Waals surface area contributed by atoms with Gasteiger partial charge >= 0.3 is 0 Å². The summed E-state index contributed by atoms with van der Waals surface area (Å²) in [5.74, 6) is 0.216. The number of nitrogens with two attached hydrogens (primary N) is 1. The molecule has 0 bridgehead atoms. The van der Waals surface area contributed by atoms with Crippen LogP contribution in [0.25, 0.3) is 11.1 Å². The van der Waals surface area contributed by atoms with E-state index in [2.05, 4.69) is 33.4 Å². The van der Waals surface area contributed by atoms with Crippen molar-refractivity contribution >= 4 is 17.4 Å². The van der Waals surface area contributed by atoms with E-state index in [1.54, 1.807) is 12.3 Å². The number of aryl methyl sites for hydroxylation is 2. The fourth-order valence-electron chi connectivity index (χ4n) is 6.38. The molecule has 0 saturated carbocycles. The van der Waals surface area contributed by atoms with Gasteiger partial charge in [0.2, 0.25) is 0 Å². The number of hydrogen-bond donors (Lipinski definition) is 3. The summed E-state index contributed by atoms with van der Waals surface area (Å²) in [7, 11) is 0. The Labute approximate surface area is 218 Å². The number of benzene rings is 2. The maximum Gasteiger partial charge on any atom is 0.252 e. The molecule has 1 saturated heterocycles. The second kappa shape index (κ2) is 9.10. The number of anilines is 1. The Kier molecular flexibility index (Phi) is 5.87. The van der Waals surface area contributed by atoms with Crippen LogP contribution in [0.3, 0.4) is 0 Å². The Morgan fingerprint density at radius 2 is 1.78 bits per heavy atom. The quantitative estimate of drug-likeness (QED) is 0.349. The number of aromatic nitrogens is 1. The van der Waals surface area contributed by atoms with Crippen molar-refractivity contribution in [3.63, 3.8) is 0 Å². The van der Waals surface area contributed by atoms with Crippen LogP contribution in [-0.4, -0.2) is 40.6 Å². The summed E-state index contributed by atoms with van der Waals surface area (Å²) in [5, 5.41) is 11.9. The molecule has 6 heteroatoms. The van der Waals surface area contributed by atoms with Crippen molar-refractivity contribution in [2.75, 3.05) is 18.8 Å². The Morgan fingerprint density at radius 1 is 1.03 bits per heavy atom. The zero-order chi connectivity index (χ0) is 25.7. The second-order valence-electron chi connectivity index (χ2n) is 11.3. The lowest BCUT2D eigenvalue weighted by atomic mass is 9.91. The van der Waals surface area contributed by atoms with Gasteiger partial charge in [0.1, 0.15) is 5.82 Å². The molecule has 1 fully saturated rings. The topological polar surface area (TPSA) is 95.1 Å². The van der Waals surface area contributed by atoms with Gasteiger partial charge in [-0.1, -0.05) is 30.3 Å². The number of nitrogens with zero attached hydrogens (tertiary/aromatic N) is 2. The number of pyridine rings is 1. The third-order valence-corrected chi connectivity index (χ3v) is 8.53. The average Bonchev–Trinajstić information content (AvgIpc) is 3.44. The van der Waals surface area contributed by atoms with Crippen molar-refractivity contribution in [2.24, 2.45) is 0 Å². The molecule has 6 nitrogen and oxygen atoms in total. The van der Waals surface area contributed by atoms with Gasteiger partial charge in [0.25, 0.3) is 5.91 Å². The molecule has 2 aliphatic heterocycles. The molecule has 1 unspecified atom stereocenters. The van der Waals surface area contributed by atoms with E-state index >= 15 is 0 Å². The van der Waals surface area contributed by atoms with E-state index in [4.69, 9.17) is 11.1 Å². The third-order valence-electron chi connectivity index (χ3n) is 8.53. The van der Waals surface area contributed by atoms with Crippen LogP contribution in [0.1, 0.15) is 77.7 Å². The summed E-state index contributed by atoms with van der Waals surface area (Å²) in [6.45, 7) is 6.48. The van der Waals surface area contributed by atoms with Crippen molar-refractivity contribution in [3.05, 3.63) is 82.0 Å². The monoisotopic (exact) mass is 493 g/mol. The largest absolute Gasteiger partial charge is 0.383 e. The first-order valence-corrected chi connectivity index (χ1v) is 13.5. The van der Waals surface area contributed by atoms with Gasteiger partial charge in [-0.15, -0.1) is 0 Å². The van der Waals surface area contributed by atoms with Crippen LogP contribution >= 0.6 is 0 Å². The first-order valence-electron chi connectivity index (χ1n) is 13.5. The molecular formula is C31H35N5O. The molecule has 1 aromatic heterocycles. The molecule has 37 heavy (non-hydrogen) atoms. The molecule has 1 atom stereocenters. The molecule has 1 aliphatic carbocycles.